The van der Waals surface area contributed by atoms with Gasteiger partial charge in [-0.3, -0.25) is 9.69 Å². The van der Waals surface area contributed by atoms with E-state index in [1.165, 1.54) is 18.3 Å². The molecule has 1 aliphatic heterocycles. The lowest BCUT2D eigenvalue weighted by atomic mass is 10.1. The Labute approximate surface area is 202 Å². The standard InChI is InChI=1S/C24H27ClFN3O5/c1-16-12-29(17(2)11-28(16)13-18-3-6-21(26)7-4-18)23(30)14-33-22-8-5-20(25)9-19(22)10-27-34-15-24(31)32/h3-10,16-17H,11-15H2,1-2H3,(H,31,32)/t16-,17+/m0/s1. The van der Waals surface area contributed by atoms with Crippen molar-refractivity contribution in [3.8, 4) is 5.75 Å². The maximum atomic E-state index is 13.2. The molecule has 1 N–H and O–H groups in total. The van der Waals surface area contributed by atoms with Gasteiger partial charge in [-0.15, -0.1) is 0 Å². The molecule has 0 unspecified atom stereocenters. The molecule has 182 valence electrons. The van der Waals surface area contributed by atoms with E-state index in [-0.39, 0.29) is 30.4 Å². The molecular formula is C24H27ClFN3O5. The van der Waals surface area contributed by atoms with Crippen molar-refractivity contribution in [2.24, 2.45) is 5.16 Å². The Kier molecular flexibility index (Phi) is 8.84. The molecule has 0 aliphatic carbocycles. The molecule has 0 spiro atoms. The van der Waals surface area contributed by atoms with Crippen molar-refractivity contribution in [3.63, 3.8) is 0 Å². The summed E-state index contributed by atoms with van der Waals surface area (Å²) < 4.78 is 18.9. The number of piperazine rings is 1. The minimum absolute atomic E-state index is 0.0246. The van der Waals surface area contributed by atoms with Gasteiger partial charge >= 0.3 is 5.97 Å². The Bertz CT molecular complexity index is 1030. The van der Waals surface area contributed by atoms with Gasteiger partial charge in [0.2, 0.25) is 6.61 Å². The van der Waals surface area contributed by atoms with Gasteiger partial charge < -0.3 is 19.6 Å². The van der Waals surface area contributed by atoms with Crippen LogP contribution in [0.4, 0.5) is 4.39 Å². The molecule has 34 heavy (non-hydrogen) atoms. The second kappa shape index (κ2) is 11.8. The molecule has 2 atom stereocenters. The molecule has 0 radical (unpaired) electrons. The van der Waals surface area contributed by atoms with Gasteiger partial charge in [-0.2, -0.15) is 0 Å². The number of halogens is 2. The van der Waals surface area contributed by atoms with Gasteiger partial charge in [0, 0.05) is 42.3 Å². The van der Waals surface area contributed by atoms with Crippen molar-refractivity contribution in [3.05, 3.63) is 64.4 Å². The minimum atomic E-state index is -1.15. The highest BCUT2D eigenvalue weighted by Gasteiger charge is 2.32. The van der Waals surface area contributed by atoms with E-state index in [0.29, 0.717) is 36.0 Å². The van der Waals surface area contributed by atoms with Gasteiger partial charge in [0.25, 0.3) is 5.91 Å². The van der Waals surface area contributed by atoms with Crippen LogP contribution in [-0.2, 0) is 21.0 Å². The number of carbonyl (C=O) groups is 2. The molecule has 1 amide bonds. The van der Waals surface area contributed by atoms with Crippen LogP contribution in [0.25, 0.3) is 0 Å². The highest BCUT2D eigenvalue weighted by molar-refractivity contribution is 6.30. The number of carboxylic acid groups (broad SMARTS) is 1. The minimum Gasteiger partial charge on any atom is -0.483 e. The highest BCUT2D eigenvalue weighted by Crippen LogP contribution is 2.23. The fraction of sp³-hybridized carbons (Fsp3) is 0.375. The number of amides is 1. The first-order valence-corrected chi connectivity index (χ1v) is 11.2. The van der Waals surface area contributed by atoms with E-state index in [0.717, 1.165) is 5.56 Å². The molecule has 1 aliphatic rings. The monoisotopic (exact) mass is 491 g/mol. The molecule has 0 bridgehead atoms. The molecule has 0 aromatic heterocycles. The summed E-state index contributed by atoms with van der Waals surface area (Å²) in [6.45, 7) is 5.21. The number of carbonyl (C=O) groups excluding carboxylic acids is 1. The Morgan fingerprint density at radius 1 is 1.15 bits per heavy atom. The van der Waals surface area contributed by atoms with Gasteiger partial charge in [-0.25, -0.2) is 9.18 Å². The molecular weight excluding hydrogens is 465 g/mol. The average molecular weight is 492 g/mol. The summed E-state index contributed by atoms with van der Waals surface area (Å²) in [6, 6.07) is 11.4. The van der Waals surface area contributed by atoms with Crippen LogP contribution < -0.4 is 4.74 Å². The maximum absolute atomic E-state index is 13.2. The van der Waals surface area contributed by atoms with Crippen LogP contribution in [0.5, 0.6) is 5.75 Å². The van der Waals surface area contributed by atoms with E-state index in [4.69, 9.17) is 21.4 Å². The van der Waals surface area contributed by atoms with Gasteiger partial charge in [0.15, 0.2) is 6.61 Å². The molecule has 1 saturated heterocycles. The number of hydrogen-bond acceptors (Lipinski definition) is 6. The van der Waals surface area contributed by atoms with E-state index in [1.807, 2.05) is 6.92 Å². The number of rotatable bonds is 9. The summed E-state index contributed by atoms with van der Waals surface area (Å²) in [5.74, 6) is -1.19. The summed E-state index contributed by atoms with van der Waals surface area (Å²) in [5.41, 5.74) is 1.48. The van der Waals surface area contributed by atoms with Crippen molar-refractivity contribution >= 4 is 29.7 Å². The molecule has 1 fully saturated rings. The Morgan fingerprint density at radius 3 is 2.59 bits per heavy atom. The van der Waals surface area contributed by atoms with Crippen molar-refractivity contribution < 1.29 is 28.7 Å². The predicted octanol–water partition coefficient (Wildman–Crippen LogP) is 3.41. The fourth-order valence-corrected chi connectivity index (χ4v) is 3.93. The smallest absolute Gasteiger partial charge is 0.344 e. The highest BCUT2D eigenvalue weighted by atomic mass is 35.5. The number of nitrogens with zero attached hydrogens (tertiary/aromatic N) is 3. The number of oxime groups is 1. The van der Waals surface area contributed by atoms with Gasteiger partial charge in [0.1, 0.15) is 11.6 Å². The lowest BCUT2D eigenvalue weighted by Crippen LogP contribution is -2.58. The molecule has 0 saturated carbocycles. The normalized spacial score (nSPS) is 18.8. The van der Waals surface area contributed by atoms with Gasteiger partial charge in [0.05, 0.1) is 6.21 Å². The Morgan fingerprint density at radius 2 is 1.88 bits per heavy atom. The zero-order chi connectivity index (χ0) is 24.7. The number of benzene rings is 2. The maximum Gasteiger partial charge on any atom is 0.344 e. The van der Waals surface area contributed by atoms with E-state index < -0.39 is 12.6 Å². The number of aliphatic carboxylic acids is 1. The van der Waals surface area contributed by atoms with E-state index >= 15 is 0 Å². The quantitative estimate of drug-likeness (QED) is 0.427. The van der Waals surface area contributed by atoms with Crippen molar-refractivity contribution in [2.45, 2.75) is 32.5 Å². The Balaban J connectivity index is 1.58. The van der Waals surface area contributed by atoms with Gasteiger partial charge in [-0.1, -0.05) is 28.9 Å². The van der Waals surface area contributed by atoms with Gasteiger partial charge in [-0.05, 0) is 49.7 Å². The van der Waals surface area contributed by atoms with Crippen LogP contribution in [0.1, 0.15) is 25.0 Å². The van der Waals surface area contributed by atoms with Crippen LogP contribution in [0, 0.1) is 5.82 Å². The summed E-state index contributed by atoms with van der Waals surface area (Å²) in [7, 11) is 0. The lowest BCUT2D eigenvalue weighted by molar-refractivity contribution is -0.142. The SMILES string of the molecule is C[C@@H]1CN(Cc2ccc(F)cc2)[C@@H](C)CN1C(=O)COc1ccc(Cl)cc1C=NOCC(=O)O. The van der Waals surface area contributed by atoms with Crippen LogP contribution in [0.3, 0.4) is 0 Å². The summed E-state index contributed by atoms with van der Waals surface area (Å²) >= 11 is 6.03. The van der Waals surface area contributed by atoms with Crippen molar-refractivity contribution in [1.29, 1.82) is 0 Å². The zero-order valence-electron chi connectivity index (χ0n) is 19.0. The van der Waals surface area contributed by atoms with Crippen LogP contribution in [0.15, 0.2) is 47.6 Å². The van der Waals surface area contributed by atoms with E-state index in [2.05, 4.69) is 21.8 Å². The topological polar surface area (TPSA) is 91.7 Å². The molecule has 2 aromatic rings. The first-order valence-electron chi connectivity index (χ1n) is 10.8. The summed E-state index contributed by atoms with van der Waals surface area (Å²) in [4.78, 5) is 32.2. The zero-order valence-corrected chi connectivity index (χ0v) is 19.7. The summed E-state index contributed by atoms with van der Waals surface area (Å²) in [6.07, 6.45) is 1.29. The lowest BCUT2D eigenvalue weighted by Gasteiger charge is -2.44. The Hall–Kier alpha value is -3.17. The van der Waals surface area contributed by atoms with E-state index in [1.54, 1.807) is 35.2 Å². The molecule has 1 heterocycles. The molecule has 10 heteroatoms. The number of carboxylic acids is 1. The van der Waals surface area contributed by atoms with Crippen LogP contribution in [-0.4, -0.2) is 71.4 Å². The van der Waals surface area contributed by atoms with Crippen LogP contribution in [0.2, 0.25) is 5.02 Å². The first-order chi connectivity index (χ1) is 16.2. The number of hydrogen-bond donors (Lipinski definition) is 1. The third-order valence-electron chi connectivity index (χ3n) is 5.51. The van der Waals surface area contributed by atoms with Crippen LogP contribution >= 0.6 is 11.6 Å². The van der Waals surface area contributed by atoms with Crippen molar-refractivity contribution in [1.82, 2.24) is 9.80 Å². The third kappa shape index (κ3) is 7.16. The largest absolute Gasteiger partial charge is 0.483 e. The molecule has 2 aromatic carbocycles. The number of ether oxygens (including phenoxy) is 1. The third-order valence-corrected chi connectivity index (χ3v) is 5.75. The van der Waals surface area contributed by atoms with Crippen molar-refractivity contribution in [2.75, 3.05) is 26.3 Å². The first kappa shape index (κ1) is 25.5. The predicted molar refractivity (Wildman–Crippen MR) is 126 cm³/mol. The van der Waals surface area contributed by atoms with E-state index in [9.17, 15) is 14.0 Å². The second-order valence-electron chi connectivity index (χ2n) is 8.17. The fourth-order valence-electron chi connectivity index (χ4n) is 3.75. The molecule has 3 rings (SSSR count). The summed E-state index contributed by atoms with van der Waals surface area (Å²) in [5, 5.41) is 12.6. The molecule has 8 nitrogen and oxygen atoms in total. The average Bonchev–Trinajstić information content (AvgIpc) is 2.79. The second-order valence-corrected chi connectivity index (χ2v) is 8.61.